The third kappa shape index (κ3) is 4.62. The Labute approximate surface area is 190 Å². The zero-order chi connectivity index (χ0) is 22.9. The van der Waals surface area contributed by atoms with Gasteiger partial charge in [0.1, 0.15) is 5.82 Å². The first kappa shape index (κ1) is 23.0. The number of nitrogens with two attached hydrogens (primary N) is 1. The molecule has 1 aromatic carbocycles. The van der Waals surface area contributed by atoms with Crippen LogP contribution in [0.4, 0.5) is 10.1 Å². The predicted molar refractivity (Wildman–Crippen MR) is 123 cm³/mol. The van der Waals surface area contributed by atoms with Gasteiger partial charge in [0.25, 0.3) is 0 Å². The molecule has 2 atom stereocenters. The Balaban J connectivity index is 1.26. The van der Waals surface area contributed by atoms with Gasteiger partial charge in [0.2, 0.25) is 11.8 Å². The molecule has 2 amide bonds. The number of carbonyl (C=O) groups is 2. The van der Waals surface area contributed by atoms with Crippen LogP contribution in [0.1, 0.15) is 32.6 Å². The van der Waals surface area contributed by atoms with Crippen LogP contribution < -0.4 is 10.6 Å². The standard InChI is InChI=1S/C24H36FN5O2/c1-18(26)22(31)30-11-8-24(9-12-30)17-21(27(2)23(24)32)7-10-28-13-15-29(16-14-28)20-5-3-19(25)4-6-20/h3-6,18,21H,7-17,26H2,1-2H3/t18?,21-/m0/s1. The van der Waals surface area contributed by atoms with E-state index >= 15 is 0 Å². The second-order valence-corrected chi connectivity index (χ2v) is 9.76. The molecule has 4 rings (SSSR count). The first-order chi connectivity index (χ1) is 15.3. The molecule has 0 aromatic heterocycles. The molecule has 2 N–H and O–H groups in total. The number of hydrogen-bond donors (Lipinski definition) is 1. The summed E-state index contributed by atoms with van der Waals surface area (Å²) < 4.78 is 13.2. The number of carbonyl (C=O) groups excluding carboxylic acids is 2. The molecule has 3 aliphatic rings. The Morgan fingerprint density at radius 1 is 1.12 bits per heavy atom. The molecule has 3 heterocycles. The van der Waals surface area contributed by atoms with Gasteiger partial charge in [-0.05, 0) is 56.9 Å². The summed E-state index contributed by atoms with van der Waals surface area (Å²) in [5.41, 5.74) is 6.51. The molecule has 3 fully saturated rings. The fourth-order valence-corrected chi connectivity index (χ4v) is 5.59. The Bertz CT molecular complexity index is 814. The van der Waals surface area contributed by atoms with E-state index in [1.54, 1.807) is 6.92 Å². The van der Waals surface area contributed by atoms with Crippen molar-refractivity contribution < 1.29 is 14.0 Å². The molecule has 32 heavy (non-hydrogen) atoms. The second kappa shape index (κ2) is 9.35. The van der Waals surface area contributed by atoms with Crippen molar-refractivity contribution in [3.63, 3.8) is 0 Å². The van der Waals surface area contributed by atoms with Crippen molar-refractivity contribution in [3.05, 3.63) is 30.1 Å². The average Bonchev–Trinajstić information content (AvgIpc) is 3.03. The summed E-state index contributed by atoms with van der Waals surface area (Å²) in [6.07, 6.45) is 3.34. The number of piperazine rings is 1. The van der Waals surface area contributed by atoms with E-state index in [-0.39, 0.29) is 29.1 Å². The van der Waals surface area contributed by atoms with E-state index < -0.39 is 6.04 Å². The van der Waals surface area contributed by atoms with Gasteiger partial charge >= 0.3 is 0 Å². The molecule has 3 saturated heterocycles. The normalized spacial score (nSPS) is 24.9. The van der Waals surface area contributed by atoms with E-state index in [0.717, 1.165) is 64.1 Å². The summed E-state index contributed by atoms with van der Waals surface area (Å²) in [7, 11) is 1.94. The summed E-state index contributed by atoms with van der Waals surface area (Å²) >= 11 is 0. The lowest BCUT2D eigenvalue weighted by atomic mass is 9.75. The quantitative estimate of drug-likeness (QED) is 0.744. The SMILES string of the molecule is CC(N)C(=O)N1CCC2(CC1)C[C@H](CCN1CCN(c3ccc(F)cc3)CC1)N(C)C2=O. The molecule has 0 saturated carbocycles. The van der Waals surface area contributed by atoms with Crippen LogP contribution in [0.15, 0.2) is 24.3 Å². The number of halogens is 1. The molecular formula is C24H36FN5O2. The maximum atomic E-state index is 13.2. The fraction of sp³-hybridized carbons (Fsp3) is 0.667. The highest BCUT2D eigenvalue weighted by Crippen LogP contribution is 2.44. The van der Waals surface area contributed by atoms with Gasteiger partial charge in [-0.1, -0.05) is 0 Å². The Morgan fingerprint density at radius 2 is 1.75 bits per heavy atom. The number of hydrogen-bond acceptors (Lipinski definition) is 5. The van der Waals surface area contributed by atoms with Crippen molar-refractivity contribution in [1.82, 2.24) is 14.7 Å². The molecular weight excluding hydrogens is 409 g/mol. The van der Waals surface area contributed by atoms with E-state index in [1.165, 1.54) is 12.1 Å². The fourth-order valence-electron chi connectivity index (χ4n) is 5.59. The van der Waals surface area contributed by atoms with Gasteiger partial charge in [-0.3, -0.25) is 14.5 Å². The number of likely N-dealkylation sites (tertiary alicyclic amines) is 2. The number of benzene rings is 1. The highest BCUT2D eigenvalue weighted by atomic mass is 19.1. The van der Waals surface area contributed by atoms with Crippen LogP contribution in [0.25, 0.3) is 0 Å². The van der Waals surface area contributed by atoms with Gasteiger partial charge in [-0.15, -0.1) is 0 Å². The van der Waals surface area contributed by atoms with Gasteiger partial charge in [0, 0.05) is 64.6 Å². The minimum Gasteiger partial charge on any atom is -0.369 e. The van der Waals surface area contributed by atoms with E-state index in [0.29, 0.717) is 13.1 Å². The molecule has 0 bridgehead atoms. The Kier molecular flexibility index (Phi) is 6.72. The minimum absolute atomic E-state index is 0.0185. The van der Waals surface area contributed by atoms with Crippen LogP contribution in [0.2, 0.25) is 0 Å². The molecule has 0 radical (unpaired) electrons. The Morgan fingerprint density at radius 3 is 2.34 bits per heavy atom. The third-order valence-electron chi connectivity index (χ3n) is 7.71. The first-order valence-corrected chi connectivity index (χ1v) is 11.8. The van der Waals surface area contributed by atoms with E-state index in [2.05, 4.69) is 9.80 Å². The lowest BCUT2D eigenvalue weighted by molar-refractivity contribution is -0.142. The van der Waals surface area contributed by atoms with Crippen LogP contribution in [0.5, 0.6) is 0 Å². The van der Waals surface area contributed by atoms with Gasteiger partial charge in [0.15, 0.2) is 0 Å². The lowest BCUT2D eigenvalue weighted by Crippen LogP contribution is -2.50. The highest BCUT2D eigenvalue weighted by molar-refractivity contribution is 5.86. The van der Waals surface area contributed by atoms with E-state index in [4.69, 9.17) is 5.73 Å². The highest BCUT2D eigenvalue weighted by Gasteiger charge is 2.51. The monoisotopic (exact) mass is 445 g/mol. The number of piperidine rings is 1. The number of nitrogens with zero attached hydrogens (tertiary/aromatic N) is 4. The summed E-state index contributed by atoms with van der Waals surface area (Å²) in [4.78, 5) is 33.9. The van der Waals surface area contributed by atoms with Crippen LogP contribution in [-0.2, 0) is 9.59 Å². The van der Waals surface area contributed by atoms with Crippen molar-refractivity contribution >= 4 is 17.5 Å². The maximum Gasteiger partial charge on any atom is 0.239 e. The maximum absolute atomic E-state index is 13.2. The number of anilines is 1. The molecule has 176 valence electrons. The minimum atomic E-state index is -0.484. The van der Waals surface area contributed by atoms with Crippen molar-refractivity contribution in [2.45, 2.75) is 44.7 Å². The lowest BCUT2D eigenvalue weighted by Gasteiger charge is -2.38. The zero-order valence-corrected chi connectivity index (χ0v) is 19.3. The van der Waals surface area contributed by atoms with Crippen molar-refractivity contribution in [3.8, 4) is 0 Å². The predicted octanol–water partition coefficient (Wildman–Crippen LogP) is 1.52. The van der Waals surface area contributed by atoms with Crippen LogP contribution in [0, 0.1) is 11.2 Å². The topological polar surface area (TPSA) is 73.1 Å². The molecule has 7 nitrogen and oxygen atoms in total. The first-order valence-electron chi connectivity index (χ1n) is 11.8. The van der Waals surface area contributed by atoms with E-state index in [1.807, 2.05) is 29.0 Å². The van der Waals surface area contributed by atoms with Crippen molar-refractivity contribution in [2.75, 3.05) is 57.8 Å². The van der Waals surface area contributed by atoms with Gasteiger partial charge < -0.3 is 20.4 Å². The third-order valence-corrected chi connectivity index (χ3v) is 7.71. The average molecular weight is 446 g/mol. The Hall–Kier alpha value is -2.19. The summed E-state index contributed by atoms with van der Waals surface area (Å²) in [6, 6.07) is 6.49. The summed E-state index contributed by atoms with van der Waals surface area (Å²) in [6.45, 7) is 7.75. The van der Waals surface area contributed by atoms with Crippen molar-refractivity contribution in [1.29, 1.82) is 0 Å². The second-order valence-electron chi connectivity index (χ2n) is 9.76. The summed E-state index contributed by atoms with van der Waals surface area (Å²) in [5.74, 6) is 0.0260. The van der Waals surface area contributed by atoms with Crippen LogP contribution >= 0.6 is 0 Å². The number of amides is 2. The molecule has 1 aromatic rings. The van der Waals surface area contributed by atoms with Crippen LogP contribution in [-0.4, -0.2) is 91.5 Å². The number of rotatable bonds is 5. The zero-order valence-electron chi connectivity index (χ0n) is 19.3. The molecule has 8 heteroatoms. The molecule has 0 aliphatic carbocycles. The molecule has 1 unspecified atom stereocenters. The van der Waals surface area contributed by atoms with Gasteiger partial charge in [-0.25, -0.2) is 4.39 Å². The smallest absolute Gasteiger partial charge is 0.239 e. The molecule has 3 aliphatic heterocycles. The van der Waals surface area contributed by atoms with E-state index in [9.17, 15) is 14.0 Å². The van der Waals surface area contributed by atoms with Crippen molar-refractivity contribution in [2.24, 2.45) is 11.1 Å². The van der Waals surface area contributed by atoms with Gasteiger partial charge in [-0.2, -0.15) is 0 Å². The van der Waals surface area contributed by atoms with Crippen LogP contribution in [0.3, 0.4) is 0 Å². The largest absolute Gasteiger partial charge is 0.369 e. The van der Waals surface area contributed by atoms with Gasteiger partial charge in [0.05, 0.1) is 11.5 Å². The molecule has 1 spiro atoms. The summed E-state index contributed by atoms with van der Waals surface area (Å²) in [5, 5.41) is 0.